The molecule has 2 N–H and O–H groups in total. The highest BCUT2D eigenvalue weighted by Crippen LogP contribution is 2.42. The molecule has 2 heterocycles. The summed E-state index contributed by atoms with van der Waals surface area (Å²) in [5.41, 5.74) is 1.48. The lowest BCUT2D eigenvalue weighted by molar-refractivity contribution is -0.132. The normalized spacial score (nSPS) is 17.5. The molecule has 1 saturated heterocycles. The summed E-state index contributed by atoms with van der Waals surface area (Å²) in [4.78, 5) is 35.2. The van der Waals surface area contributed by atoms with Gasteiger partial charge in [-0.1, -0.05) is 66.7 Å². The third-order valence-corrected chi connectivity index (χ3v) is 6.27. The topological polar surface area (TPSA) is 86.3 Å². The van der Waals surface area contributed by atoms with E-state index < -0.39 is 23.5 Å². The fourth-order valence-electron chi connectivity index (χ4n) is 4.59. The van der Waals surface area contributed by atoms with E-state index in [1.807, 2.05) is 36.4 Å². The molecule has 1 aliphatic heterocycles. The first-order valence-corrected chi connectivity index (χ1v) is 11.0. The van der Waals surface area contributed by atoms with Gasteiger partial charge in [-0.2, -0.15) is 0 Å². The predicted molar refractivity (Wildman–Crippen MR) is 131 cm³/mol. The number of ketones is 1. The van der Waals surface area contributed by atoms with Gasteiger partial charge in [0.2, 0.25) is 5.95 Å². The quantitative estimate of drug-likeness (QED) is 0.211. The molecule has 1 fully saturated rings. The van der Waals surface area contributed by atoms with Gasteiger partial charge in [-0.15, -0.1) is 0 Å². The van der Waals surface area contributed by atoms with E-state index in [-0.39, 0.29) is 22.8 Å². The number of aliphatic hydroxyl groups is 1. The number of rotatable bonds is 3. The molecule has 0 aliphatic carbocycles. The molecule has 1 unspecified atom stereocenters. The summed E-state index contributed by atoms with van der Waals surface area (Å²) in [5, 5.41) is 13.1. The first-order valence-electron chi connectivity index (χ1n) is 11.0. The van der Waals surface area contributed by atoms with Crippen LogP contribution in [0.1, 0.15) is 17.2 Å². The number of halogens is 1. The number of anilines is 1. The number of nitrogens with zero attached hydrogens (tertiary/aromatic N) is 2. The van der Waals surface area contributed by atoms with Crippen LogP contribution in [0.5, 0.6) is 0 Å². The Hall–Kier alpha value is -4.78. The number of hydrogen-bond acceptors (Lipinski definition) is 4. The zero-order valence-electron chi connectivity index (χ0n) is 18.3. The minimum atomic E-state index is -1.21. The second-order valence-corrected chi connectivity index (χ2v) is 8.33. The molecule has 170 valence electrons. The Morgan fingerprint density at radius 3 is 2.40 bits per heavy atom. The van der Waals surface area contributed by atoms with E-state index in [2.05, 4.69) is 9.97 Å². The van der Waals surface area contributed by atoms with Crippen LogP contribution < -0.4 is 4.90 Å². The van der Waals surface area contributed by atoms with Crippen molar-refractivity contribution >= 4 is 45.2 Å². The number of carbonyl (C=O) groups is 2. The average molecular weight is 463 g/mol. The minimum Gasteiger partial charge on any atom is -0.507 e. The molecule has 0 bridgehead atoms. The SMILES string of the molecule is O=C1C(=O)N(c2nc3ccccc3[nH]2)C(c2ccccc2F)/C1=C(\O)c1ccc2ccccc2c1. The van der Waals surface area contributed by atoms with Crippen molar-refractivity contribution in [2.75, 3.05) is 4.90 Å². The smallest absolute Gasteiger partial charge is 0.302 e. The number of para-hydroxylation sites is 2. The van der Waals surface area contributed by atoms with Crippen molar-refractivity contribution in [3.63, 3.8) is 0 Å². The van der Waals surface area contributed by atoms with Gasteiger partial charge in [-0.05, 0) is 35.0 Å². The van der Waals surface area contributed by atoms with Crippen LogP contribution in [0.2, 0.25) is 0 Å². The first kappa shape index (κ1) is 20.8. The fraction of sp³-hybridized carbons (Fsp3) is 0.0357. The van der Waals surface area contributed by atoms with Crippen molar-refractivity contribution in [2.45, 2.75) is 6.04 Å². The molecule has 0 saturated carbocycles. The van der Waals surface area contributed by atoms with Gasteiger partial charge in [0, 0.05) is 11.1 Å². The number of fused-ring (bicyclic) bond motifs is 2. The summed E-state index contributed by atoms with van der Waals surface area (Å²) in [6, 6.07) is 24.7. The Kier molecular flexibility index (Phi) is 4.70. The van der Waals surface area contributed by atoms with E-state index in [0.29, 0.717) is 16.6 Å². The highest BCUT2D eigenvalue weighted by molar-refractivity contribution is 6.51. The maximum absolute atomic E-state index is 15.1. The van der Waals surface area contributed by atoms with Crippen LogP contribution in [0.4, 0.5) is 10.3 Å². The van der Waals surface area contributed by atoms with Crippen molar-refractivity contribution in [3.05, 3.63) is 114 Å². The predicted octanol–water partition coefficient (Wildman–Crippen LogP) is 5.48. The number of hydrogen-bond donors (Lipinski definition) is 2. The van der Waals surface area contributed by atoms with Gasteiger partial charge in [0.15, 0.2) is 0 Å². The van der Waals surface area contributed by atoms with Gasteiger partial charge in [0.25, 0.3) is 5.78 Å². The summed E-state index contributed by atoms with van der Waals surface area (Å²) in [5.74, 6) is -2.70. The Morgan fingerprint density at radius 2 is 1.60 bits per heavy atom. The number of nitrogens with one attached hydrogen (secondary N) is 1. The van der Waals surface area contributed by atoms with Crippen LogP contribution in [-0.4, -0.2) is 26.8 Å². The lowest BCUT2D eigenvalue weighted by atomic mass is 9.94. The van der Waals surface area contributed by atoms with E-state index in [1.54, 1.807) is 36.4 Å². The number of imidazole rings is 1. The number of Topliss-reactive ketones (excluding diaryl/α,β-unsaturated/α-hetero) is 1. The first-order chi connectivity index (χ1) is 17.0. The molecule has 35 heavy (non-hydrogen) atoms. The highest BCUT2D eigenvalue weighted by Gasteiger charge is 2.49. The zero-order valence-corrected chi connectivity index (χ0v) is 18.3. The summed E-state index contributed by atoms with van der Waals surface area (Å²) in [7, 11) is 0. The van der Waals surface area contributed by atoms with Crippen LogP contribution in [0.3, 0.4) is 0 Å². The zero-order chi connectivity index (χ0) is 24.1. The molecule has 6 rings (SSSR count). The summed E-state index contributed by atoms with van der Waals surface area (Å²) in [6.45, 7) is 0. The molecule has 1 aromatic heterocycles. The maximum atomic E-state index is 15.1. The van der Waals surface area contributed by atoms with Crippen LogP contribution in [0.25, 0.3) is 27.6 Å². The number of H-pyrrole nitrogens is 1. The Morgan fingerprint density at radius 1 is 0.886 bits per heavy atom. The van der Waals surface area contributed by atoms with Crippen molar-refractivity contribution in [1.82, 2.24) is 9.97 Å². The van der Waals surface area contributed by atoms with E-state index in [9.17, 15) is 14.7 Å². The van der Waals surface area contributed by atoms with E-state index in [4.69, 9.17) is 0 Å². The number of aliphatic hydroxyl groups excluding tert-OH is 1. The maximum Gasteiger partial charge on any atom is 0.302 e. The third-order valence-electron chi connectivity index (χ3n) is 6.27. The lowest BCUT2D eigenvalue weighted by Gasteiger charge is -2.23. The average Bonchev–Trinajstić information content (AvgIpc) is 3.42. The molecule has 7 heteroatoms. The van der Waals surface area contributed by atoms with Crippen LogP contribution >= 0.6 is 0 Å². The van der Waals surface area contributed by atoms with E-state index in [0.717, 1.165) is 15.7 Å². The number of aromatic nitrogens is 2. The number of carbonyl (C=O) groups excluding carboxylic acids is 2. The fourth-order valence-corrected chi connectivity index (χ4v) is 4.59. The third kappa shape index (κ3) is 3.28. The van der Waals surface area contributed by atoms with Crippen molar-refractivity contribution in [1.29, 1.82) is 0 Å². The van der Waals surface area contributed by atoms with Crippen LogP contribution in [0, 0.1) is 5.82 Å². The lowest BCUT2D eigenvalue weighted by Crippen LogP contribution is -2.30. The van der Waals surface area contributed by atoms with Gasteiger partial charge >= 0.3 is 5.91 Å². The Labute approximate surface area is 199 Å². The molecule has 4 aromatic carbocycles. The van der Waals surface area contributed by atoms with E-state index >= 15 is 4.39 Å². The second kappa shape index (κ2) is 7.92. The molecular formula is C28H18FN3O3. The summed E-state index contributed by atoms with van der Waals surface area (Å²) >= 11 is 0. The molecular weight excluding hydrogens is 445 g/mol. The van der Waals surface area contributed by atoms with Crippen molar-refractivity contribution < 1.29 is 19.1 Å². The monoisotopic (exact) mass is 463 g/mol. The van der Waals surface area contributed by atoms with Crippen molar-refractivity contribution in [2.24, 2.45) is 0 Å². The summed E-state index contributed by atoms with van der Waals surface area (Å²) in [6.07, 6.45) is 0. The standard InChI is InChI=1S/C28H18FN3O3/c29-20-10-4-3-9-19(20)24-23(25(33)18-14-13-16-7-1-2-8-17(16)15-18)26(34)27(35)32(24)28-30-21-11-5-6-12-22(21)31-28/h1-15,24,33H,(H,30,31)/b25-23+. The molecule has 1 atom stereocenters. The van der Waals surface area contributed by atoms with Gasteiger partial charge in [0.1, 0.15) is 17.6 Å². The summed E-state index contributed by atoms with van der Waals surface area (Å²) < 4.78 is 15.1. The largest absolute Gasteiger partial charge is 0.507 e. The minimum absolute atomic E-state index is 0.0782. The molecule has 6 nitrogen and oxygen atoms in total. The number of amides is 1. The molecule has 5 aromatic rings. The molecule has 1 amide bonds. The highest BCUT2D eigenvalue weighted by atomic mass is 19.1. The Bertz CT molecular complexity index is 1650. The second-order valence-electron chi connectivity index (χ2n) is 8.33. The van der Waals surface area contributed by atoms with Gasteiger partial charge in [0.05, 0.1) is 16.6 Å². The molecule has 1 aliphatic rings. The van der Waals surface area contributed by atoms with Gasteiger partial charge in [-0.3, -0.25) is 14.5 Å². The number of benzene rings is 4. The molecule has 0 spiro atoms. The van der Waals surface area contributed by atoms with E-state index in [1.165, 1.54) is 18.2 Å². The van der Waals surface area contributed by atoms with Crippen LogP contribution in [-0.2, 0) is 9.59 Å². The van der Waals surface area contributed by atoms with Crippen molar-refractivity contribution in [3.8, 4) is 0 Å². The molecule has 0 radical (unpaired) electrons. The van der Waals surface area contributed by atoms with Gasteiger partial charge in [-0.25, -0.2) is 9.37 Å². The number of aromatic amines is 1. The Balaban J connectivity index is 1.59. The van der Waals surface area contributed by atoms with Gasteiger partial charge < -0.3 is 10.1 Å². The van der Waals surface area contributed by atoms with Crippen LogP contribution in [0.15, 0.2) is 96.6 Å².